The Balaban J connectivity index is 1.20. The number of thiazole rings is 1. The van der Waals surface area contributed by atoms with Crippen molar-refractivity contribution in [2.45, 2.75) is 97.3 Å². The Bertz CT molecular complexity index is 1970. The molecule has 1 saturated heterocycles. The number of pyridine rings is 1. The Morgan fingerprint density at radius 3 is 2.37 bits per heavy atom. The molecule has 0 spiro atoms. The molecule has 3 heterocycles. The van der Waals surface area contributed by atoms with Gasteiger partial charge in [0.2, 0.25) is 5.91 Å². The molecule has 7 rings (SSSR count). The second-order valence-corrected chi connectivity index (χ2v) is 17.7. The summed E-state index contributed by atoms with van der Waals surface area (Å²) in [7, 11) is 3.05. The summed E-state index contributed by atoms with van der Waals surface area (Å²) in [6, 6.07) is 4.31. The number of rotatable bonds is 14. The van der Waals surface area contributed by atoms with Gasteiger partial charge in [0.25, 0.3) is 5.19 Å². The standard InChI is InChI=1S/C40H48ClN3O9S/c1-7-22-16-40(22,37(48)49)17-30(45)29-13-24(18-44(29)36(47)26(39(2,3)4)14-33(46)53-23-11-20-10-21(20)12-23)52-32-15-27(28-19-54-38(43-28)51-6)42-35-25(32)8-9-31(50-5)34(35)41/h8-9,15,19-24,26,29H,7,10-14,16-18H2,1-6H3,(H,48,49)/t20-,21+,22-,23?,24-,26-,29+,40-/m1/s1. The number of ketones is 1. The Morgan fingerprint density at radius 1 is 1.02 bits per heavy atom. The van der Waals surface area contributed by atoms with E-state index >= 15 is 0 Å². The number of amides is 1. The van der Waals surface area contributed by atoms with Crippen LogP contribution in [-0.4, -0.2) is 82.6 Å². The molecule has 1 unspecified atom stereocenters. The highest BCUT2D eigenvalue weighted by Gasteiger charge is 2.61. The molecule has 290 valence electrons. The third kappa shape index (κ3) is 7.37. The van der Waals surface area contributed by atoms with E-state index < -0.39 is 40.8 Å². The van der Waals surface area contributed by atoms with E-state index in [9.17, 15) is 24.3 Å². The van der Waals surface area contributed by atoms with E-state index in [1.165, 1.54) is 36.9 Å². The number of carboxylic acids is 1. The van der Waals surface area contributed by atoms with Crippen LogP contribution in [-0.2, 0) is 23.9 Å². The van der Waals surface area contributed by atoms with Gasteiger partial charge in [-0.1, -0.05) is 57.1 Å². The molecule has 8 atom stereocenters. The van der Waals surface area contributed by atoms with E-state index in [1.807, 2.05) is 33.1 Å². The van der Waals surface area contributed by atoms with Crippen LogP contribution in [0.25, 0.3) is 22.3 Å². The lowest BCUT2D eigenvalue weighted by Crippen LogP contribution is -2.48. The van der Waals surface area contributed by atoms with Crippen molar-refractivity contribution in [3.8, 4) is 28.1 Å². The molecule has 3 aliphatic carbocycles. The number of esters is 1. The molecule has 3 aromatic rings. The first-order chi connectivity index (χ1) is 25.6. The van der Waals surface area contributed by atoms with E-state index in [0.717, 1.165) is 12.8 Å². The predicted octanol–water partition coefficient (Wildman–Crippen LogP) is 7.23. The Morgan fingerprint density at radius 2 is 1.76 bits per heavy atom. The lowest BCUT2D eigenvalue weighted by Gasteiger charge is -2.35. The van der Waals surface area contributed by atoms with Crippen molar-refractivity contribution in [3.63, 3.8) is 0 Å². The number of carbonyl (C=O) groups excluding carboxylic acids is 3. The predicted molar refractivity (Wildman–Crippen MR) is 202 cm³/mol. The quantitative estimate of drug-likeness (QED) is 0.165. The molecular weight excluding hydrogens is 734 g/mol. The number of carboxylic acid groups (broad SMARTS) is 1. The minimum Gasteiger partial charge on any atom is -0.495 e. The zero-order valence-electron chi connectivity index (χ0n) is 31.6. The molecule has 0 radical (unpaired) electrons. The van der Waals surface area contributed by atoms with Gasteiger partial charge in [-0.3, -0.25) is 19.2 Å². The van der Waals surface area contributed by atoms with Crippen LogP contribution in [0.15, 0.2) is 23.6 Å². The van der Waals surface area contributed by atoms with Gasteiger partial charge < -0.3 is 29.0 Å². The van der Waals surface area contributed by atoms with Crippen LogP contribution in [0.1, 0.15) is 79.1 Å². The number of hydrogen-bond acceptors (Lipinski definition) is 11. The maximum Gasteiger partial charge on any atom is 0.310 e. The number of fused-ring (bicyclic) bond motifs is 2. The third-order valence-corrected chi connectivity index (χ3v) is 13.2. The minimum atomic E-state index is -1.14. The largest absolute Gasteiger partial charge is 0.495 e. The van der Waals surface area contributed by atoms with Crippen molar-refractivity contribution in [2.24, 2.45) is 34.5 Å². The molecule has 14 heteroatoms. The van der Waals surface area contributed by atoms with Crippen molar-refractivity contribution in [2.75, 3.05) is 20.8 Å². The summed E-state index contributed by atoms with van der Waals surface area (Å²) in [5.74, 6) is -0.863. The maximum absolute atomic E-state index is 14.7. The van der Waals surface area contributed by atoms with Gasteiger partial charge in [-0.2, -0.15) is 0 Å². The van der Waals surface area contributed by atoms with Gasteiger partial charge in [0.1, 0.15) is 34.4 Å². The summed E-state index contributed by atoms with van der Waals surface area (Å²) < 4.78 is 23.4. The van der Waals surface area contributed by atoms with Crippen molar-refractivity contribution in [3.05, 3.63) is 28.6 Å². The fourth-order valence-electron chi connectivity index (χ4n) is 8.69. The van der Waals surface area contributed by atoms with Crippen LogP contribution >= 0.6 is 22.9 Å². The summed E-state index contributed by atoms with van der Waals surface area (Å²) in [6.45, 7) is 7.68. The number of aromatic nitrogens is 2. The smallest absolute Gasteiger partial charge is 0.310 e. The SMILES string of the molecule is CC[C@@H]1C[C@]1(CC(=O)[C@@H]1C[C@@H](Oc2cc(-c3csc(OC)n3)nc3c(Cl)c(OC)ccc23)CN1C(=O)[C@@H](CC(=O)OC1C[C@@H]2C[C@@H]2C1)C(C)(C)C)C(=O)O. The number of benzene rings is 1. The first-order valence-electron chi connectivity index (χ1n) is 18.8. The minimum absolute atomic E-state index is 0.0493. The van der Waals surface area contributed by atoms with E-state index in [-0.39, 0.29) is 54.5 Å². The van der Waals surface area contributed by atoms with Crippen LogP contribution in [0.4, 0.5) is 0 Å². The van der Waals surface area contributed by atoms with Gasteiger partial charge in [-0.15, -0.1) is 0 Å². The average molecular weight is 782 g/mol. The maximum atomic E-state index is 14.7. The summed E-state index contributed by atoms with van der Waals surface area (Å²) >= 11 is 8.09. The van der Waals surface area contributed by atoms with Gasteiger partial charge in [0.05, 0.1) is 55.8 Å². The van der Waals surface area contributed by atoms with Crippen LogP contribution in [0, 0.1) is 34.5 Å². The zero-order chi connectivity index (χ0) is 38.7. The molecule has 0 bridgehead atoms. The topological polar surface area (TPSA) is 154 Å². The van der Waals surface area contributed by atoms with Gasteiger partial charge in [0.15, 0.2) is 5.78 Å². The van der Waals surface area contributed by atoms with Crippen molar-refractivity contribution < 1.29 is 43.2 Å². The Kier molecular flexibility index (Phi) is 10.4. The normalized spacial score (nSPS) is 27.6. The number of aliphatic carboxylic acids is 1. The van der Waals surface area contributed by atoms with Crippen LogP contribution < -0.4 is 14.2 Å². The second kappa shape index (κ2) is 14.6. The fourth-order valence-corrected chi connectivity index (χ4v) is 9.61. The molecule has 3 saturated carbocycles. The molecule has 2 aromatic heterocycles. The monoisotopic (exact) mass is 781 g/mol. The first kappa shape index (κ1) is 38.3. The average Bonchev–Trinajstić information content (AvgIpc) is 3.78. The molecular formula is C40H48ClN3O9S. The number of ether oxygens (including phenoxy) is 4. The number of nitrogens with zero attached hydrogens (tertiary/aromatic N) is 3. The van der Waals surface area contributed by atoms with Gasteiger partial charge in [-0.05, 0) is 61.0 Å². The van der Waals surface area contributed by atoms with Crippen LogP contribution in [0.5, 0.6) is 16.7 Å². The second-order valence-electron chi connectivity index (χ2n) is 16.5. The highest BCUT2D eigenvalue weighted by Crippen LogP contribution is 2.58. The molecule has 1 N–H and O–H groups in total. The number of carbonyl (C=O) groups is 4. The van der Waals surface area contributed by atoms with Gasteiger partial charge in [0, 0.05) is 29.7 Å². The lowest BCUT2D eigenvalue weighted by atomic mass is 9.77. The van der Waals surface area contributed by atoms with Crippen molar-refractivity contribution in [1.29, 1.82) is 0 Å². The van der Waals surface area contributed by atoms with Crippen LogP contribution in [0.2, 0.25) is 5.02 Å². The summed E-state index contributed by atoms with van der Waals surface area (Å²) in [5.41, 5.74) is -0.355. The Hall–Kier alpha value is -3.97. The number of halogens is 1. The molecule has 4 aliphatic rings. The number of methoxy groups -OCH3 is 2. The summed E-state index contributed by atoms with van der Waals surface area (Å²) in [5, 5.41) is 13.3. The van der Waals surface area contributed by atoms with Crippen molar-refractivity contribution in [1.82, 2.24) is 14.9 Å². The van der Waals surface area contributed by atoms with Gasteiger partial charge >= 0.3 is 11.9 Å². The van der Waals surface area contributed by atoms with E-state index in [4.69, 9.17) is 35.5 Å². The molecule has 1 aromatic carbocycles. The van der Waals surface area contributed by atoms with Gasteiger partial charge in [-0.25, -0.2) is 9.97 Å². The summed E-state index contributed by atoms with van der Waals surface area (Å²) in [4.78, 5) is 65.6. The fraction of sp³-hybridized carbons (Fsp3) is 0.600. The van der Waals surface area contributed by atoms with E-state index in [2.05, 4.69) is 4.98 Å². The first-order valence-corrected chi connectivity index (χ1v) is 20.0. The van der Waals surface area contributed by atoms with E-state index in [0.29, 0.717) is 63.7 Å². The third-order valence-electron chi connectivity index (χ3n) is 12.1. The highest BCUT2D eigenvalue weighted by atomic mass is 35.5. The number of Topliss-reactive ketones (excluding diaryl/α,β-unsaturated/α-hetero) is 1. The summed E-state index contributed by atoms with van der Waals surface area (Å²) in [6.07, 6.45) is 3.06. The Labute approximate surface area is 323 Å². The number of hydrogen-bond donors (Lipinski definition) is 1. The molecule has 4 fully saturated rings. The van der Waals surface area contributed by atoms with Crippen molar-refractivity contribution >= 4 is 57.5 Å². The lowest BCUT2D eigenvalue weighted by molar-refractivity contribution is -0.157. The molecule has 1 amide bonds. The highest BCUT2D eigenvalue weighted by molar-refractivity contribution is 7.11. The van der Waals surface area contributed by atoms with E-state index in [1.54, 1.807) is 18.2 Å². The molecule has 54 heavy (non-hydrogen) atoms. The molecule has 1 aliphatic heterocycles. The van der Waals surface area contributed by atoms with Crippen LogP contribution in [0.3, 0.4) is 0 Å². The number of likely N-dealkylation sites (tertiary alicyclic amines) is 1. The zero-order valence-corrected chi connectivity index (χ0v) is 33.1. The molecule has 12 nitrogen and oxygen atoms in total.